The third-order valence-electron chi connectivity index (χ3n) is 4.46. The van der Waals surface area contributed by atoms with Gasteiger partial charge >= 0.3 is 0 Å². The van der Waals surface area contributed by atoms with Crippen molar-refractivity contribution in [1.82, 2.24) is 24.6 Å². The fourth-order valence-electron chi connectivity index (χ4n) is 3.10. The summed E-state index contributed by atoms with van der Waals surface area (Å²) in [6.07, 6.45) is 5.63. The highest BCUT2D eigenvalue weighted by Crippen LogP contribution is 2.38. The van der Waals surface area contributed by atoms with Crippen molar-refractivity contribution < 1.29 is 0 Å². The molecular weight excluding hydrogens is 262 g/mol. The van der Waals surface area contributed by atoms with Gasteiger partial charge in [0, 0.05) is 56.5 Å². The highest BCUT2D eigenvalue weighted by molar-refractivity contribution is 5.23. The Hall–Kier alpha value is -1.75. The molecule has 0 unspecified atom stereocenters. The van der Waals surface area contributed by atoms with E-state index in [2.05, 4.69) is 27.2 Å². The second kappa shape index (κ2) is 4.91. The van der Waals surface area contributed by atoms with Crippen molar-refractivity contribution in [3.63, 3.8) is 0 Å². The standard InChI is InChI=1S/C16H21N5/c1-11-7-14(20(2)19-11)10-21-6-5-15-13(9-21)8-17-16(18-15)12-3-4-12/h7-8,12H,3-6,9-10H2,1-2H3. The average Bonchev–Trinajstić information content (AvgIpc) is 3.26. The van der Waals surface area contributed by atoms with Crippen LogP contribution in [0.1, 0.15) is 47.2 Å². The Labute approximate surface area is 125 Å². The summed E-state index contributed by atoms with van der Waals surface area (Å²) in [5, 5.41) is 4.42. The van der Waals surface area contributed by atoms with Crippen LogP contribution >= 0.6 is 0 Å². The Morgan fingerprint density at radius 2 is 2.19 bits per heavy atom. The topological polar surface area (TPSA) is 46.8 Å². The smallest absolute Gasteiger partial charge is 0.131 e. The van der Waals surface area contributed by atoms with Gasteiger partial charge in [0.1, 0.15) is 5.82 Å². The van der Waals surface area contributed by atoms with E-state index in [0.29, 0.717) is 5.92 Å². The van der Waals surface area contributed by atoms with Gasteiger partial charge in [-0.2, -0.15) is 5.10 Å². The van der Waals surface area contributed by atoms with Gasteiger partial charge in [-0.15, -0.1) is 0 Å². The Kier molecular flexibility index (Phi) is 3.03. The van der Waals surface area contributed by atoms with Crippen LogP contribution in [0.4, 0.5) is 0 Å². The van der Waals surface area contributed by atoms with E-state index < -0.39 is 0 Å². The maximum Gasteiger partial charge on any atom is 0.131 e. The molecule has 2 aliphatic rings. The van der Waals surface area contributed by atoms with E-state index in [9.17, 15) is 0 Å². The van der Waals surface area contributed by atoms with Crippen molar-refractivity contribution in [2.24, 2.45) is 7.05 Å². The molecule has 0 aromatic carbocycles. The summed E-state index contributed by atoms with van der Waals surface area (Å²) < 4.78 is 1.98. The number of hydrogen-bond donors (Lipinski definition) is 0. The van der Waals surface area contributed by atoms with E-state index in [1.54, 1.807) is 0 Å². The molecule has 5 nitrogen and oxygen atoms in total. The lowest BCUT2D eigenvalue weighted by atomic mass is 10.1. The van der Waals surface area contributed by atoms with Crippen molar-refractivity contribution in [3.8, 4) is 0 Å². The van der Waals surface area contributed by atoms with Crippen LogP contribution in [0.2, 0.25) is 0 Å². The Morgan fingerprint density at radius 3 is 2.90 bits per heavy atom. The Bertz CT molecular complexity index is 671. The summed E-state index contributed by atoms with van der Waals surface area (Å²) in [5.74, 6) is 1.72. The van der Waals surface area contributed by atoms with E-state index in [-0.39, 0.29) is 0 Å². The lowest BCUT2D eigenvalue weighted by Gasteiger charge is -2.27. The number of fused-ring (bicyclic) bond motifs is 1. The second-order valence-electron chi connectivity index (χ2n) is 6.34. The van der Waals surface area contributed by atoms with Gasteiger partial charge in [-0.1, -0.05) is 0 Å². The molecule has 5 heteroatoms. The maximum atomic E-state index is 4.78. The molecule has 0 radical (unpaired) electrons. The van der Waals surface area contributed by atoms with E-state index in [0.717, 1.165) is 37.6 Å². The largest absolute Gasteiger partial charge is 0.293 e. The van der Waals surface area contributed by atoms with Gasteiger partial charge < -0.3 is 0 Å². The van der Waals surface area contributed by atoms with E-state index >= 15 is 0 Å². The third kappa shape index (κ3) is 2.58. The molecule has 1 aliphatic heterocycles. The molecule has 0 spiro atoms. The molecule has 3 heterocycles. The summed E-state index contributed by atoms with van der Waals surface area (Å²) in [7, 11) is 2.02. The lowest BCUT2D eigenvalue weighted by Crippen LogP contribution is -2.31. The van der Waals surface area contributed by atoms with Crippen LogP contribution in [0, 0.1) is 6.92 Å². The number of aryl methyl sites for hydroxylation is 2. The molecular formula is C16H21N5. The zero-order valence-electron chi connectivity index (χ0n) is 12.7. The highest BCUT2D eigenvalue weighted by Gasteiger charge is 2.28. The Morgan fingerprint density at radius 1 is 1.33 bits per heavy atom. The van der Waals surface area contributed by atoms with Crippen LogP contribution in [0.15, 0.2) is 12.3 Å². The second-order valence-corrected chi connectivity index (χ2v) is 6.34. The number of nitrogens with zero attached hydrogens (tertiary/aromatic N) is 5. The monoisotopic (exact) mass is 283 g/mol. The number of aromatic nitrogens is 4. The summed E-state index contributed by atoms with van der Waals surface area (Å²) in [4.78, 5) is 11.8. The fourth-order valence-corrected chi connectivity index (χ4v) is 3.10. The third-order valence-corrected chi connectivity index (χ3v) is 4.46. The molecule has 21 heavy (non-hydrogen) atoms. The quantitative estimate of drug-likeness (QED) is 0.864. The fraction of sp³-hybridized carbons (Fsp3) is 0.562. The lowest BCUT2D eigenvalue weighted by molar-refractivity contribution is 0.236. The van der Waals surface area contributed by atoms with E-state index in [1.807, 2.05) is 18.7 Å². The van der Waals surface area contributed by atoms with Gasteiger partial charge in [-0.05, 0) is 25.8 Å². The summed E-state index contributed by atoms with van der Waals surface area (Å²) in [6, 6.07) is 2.17. The first-order valence-electron chi connectivity index (χ1n) is 7.75. The maximum absolute atomic E-state index is 4.78. The molecule has 0 N–H and O–H groups in total. The zero-order valence-corrected chi connectivity index (χ0v) is 12.7. The van der Waals surface area contributed by atoms with Crippen LogP contribution in [0.3, 0.4) is 0 Å². The minimum Gasteiger partial charge on any atom is -0.293 e. The Balaban J connectivity index is 1.50. The molecule has 110 valence electrons. The van der Waals surface area contributed by atoms with Gasteiger partial charge in [-0.3, -0.25) is 9.58 Å². The highest BCUT2D eigenvalue weighted by atomic mass is 15.3. The molecule has 1 aliphatic carbocycles. The molecule has 1 saturated carbocycles. The van der Waals surface area contributed by atoms with Gasteiger partial charge in [0.2, 0.25) is 0 Å². The summed E-state index contributed by atoms with van der Waals surface area (Å²) >= 11 is 0. The van der Waals surface area contributed by atoms with Crippen molar-refractivity contribution in [3.05, 3.63) is 40.7 Å². The predicted octanol–water partition coefficient (Wildman–Crippen LogP) is 1.95. The molecule has 2 aromatic rings. The first-order valence-corrected chi connectivity index (χ1v) is 7.75. The molecule has 0 atom stereocenters. The molecule has 0 saturated heterocycles. The zero-order chi connectivity index (χ0) is 14.4. The predicted molar refractivity (Wildman–Crippen MR) is 79.8 cm³/mol. The van der Waals surface area contributed by atoms with Gasteiger partial charge in [-0.25, -0.2) is 9.97 Å². The minimum absolute atomic E-state index is 0.644. The van der Waals surface area contributed by atoms with Crippen molar-refractivity contribution in [2.45, 2.75) is 45.2 Å². The van der Waals surface area contributed by atoms with Gasteiger partial charge in [0.25, 0.3) is 0 Å². The molecule has 1 fully saturated rings. The average molecular weight is 283 g/mol. The molecule has 0 amide bonds. The van der Waals surface area contributed by atoms with Gasteiger partial charge in [0.05, 0.1) is 11.4 Å². The van der Waals surface area contributed by atoms with Crippen LogP contribution < -0.4 is 0 Å². The van der Waals surface area contributed by atoms with Crippen LogP contribution in [0.25, 0.3) is 0 Å². The summed E-state index contributed by atoms with van der Waals surface area (Å²) in [6.45, 7) is 5.01. The van der Waals surface area contributed by atoms with Crippen molar-refractivity contribution in [2.75, 3.05) is 6.54 Å². The first-order chi connectivity index (χ1) is 10.2. The molecule has 4 rings (SSSR count). The normalized spacial score (nSPS) is 18.8. The molecule has 0 bridgehead atoms. The van der Waals surface area contributed by atoms with Gasteiger partial charge in [0.15, 0.2) is 0 Å². The van der Waals surface area contributed by atoms with Crippen molar-refractivity contribution >= 4 is 0 Å². The van der Waals surface area contributed by atoms with Crippen LogP contribution in [-0.4, -0.2) is 31.2 Å². The van der Waals surface area contributed by atoms with Crippen molar-refractivity contribution in [1.29, 1.82) is 0 Å². The molecule has 2 aromatic heterocycles. The SMILES string of the molecule is Cc1cc(CN2CCc3nc(C4CC4)ncc3C2)n(C)n1. The number of rotatable bonds is 3. The first kappa shape index (κ1) is 13.0. The van der Waals surface area contributed by atoms with E-state index in [1.165, 1.54) is 29.8 Å². The summed E-state index contributed by atoms with van der Waals surface area (Å²) in [5.41, 5.74) is 4.92. The number of hydrogen-bond acceptors (Lipinski definition) is 4. The van der Waals surface area contributed by atoms with E-state index in [4.69, 9.17) is 4.98 Å². The minimum atomic E-state index is 0.644. The van der Waals surface area contributed by atoms with Crippen LogP contribution in [0.5, 0.6) is 0 Å². The van der Waals surface area contributed by atoms with Crippen LogP contribution in [-0.2, 0) is 26.6 Å².